The first kappa shape index (κ1) is 10.8. The van der Waals surface area contributed by atoms with Gasteiger partial charge in [0.25, 0.3) is 0 Å². The fraction of sp³-hybridized carbons (Fsp3) is 0.333. The van der Waals surface area contributed by atoms with Crippen LogP contribution in [0.5, 0.6) is 0 Å². The first-order valence-electron chi connectivity index (χ1n) is 5.54. The largest absolute Gasteiger partial charge is 0.326 e. The minimum atomic E-state index is 0.542. The number of nitrogens with two attached hydrogens (primary N) is 1. The molecule has 3 N–H and O–H groups in total. The Kier molecular flexibility index (Phi) is 3.31. The molecule has 0 radical (unpaired) electrons. The van der Waals surface area contributed by atoms with Crippen molar-refractivity contribution in [2.45, 2.75) is 26.3 Å². The van der Waals surface area contributed by atoms with Crippen LogP contribution in [0.25, 0.3) is 11.4 Å². The van der Waals surface area contributed by atoms with Crippen LogP contribution in [0, 0.1) is 0 Å². The average molecular weight is 216 g/mol. The molecule has 0 fully saturated rings. The highest BCUT2D eigenvalue weighted by Gasteiger charge is 2.05. The summed E-state index contributed by atoms with van der Waals surface area (Å²) < 4.78 is 0. The third-order valence-electron chi connectivity index (χ3n) is 2.44. The molecule has 0 bridgehead atoms. The summed E-state index contributed by atoms with van der Waals surface area (Å²) in [5.41, 5.74) is 7.71. The molecule has 2 rings (SSSR count). The Balaban J connectivity index is 2.27. The number of H-pyrrole nitrogens is 1. The van der Waals surface area contributed by atoms with Gasteiger partial charge in [0, 0.05) is 18.5 Å². The Bertz CT molecular complexity index is 462. The molecule has 1 aromatic carbocycles. The molecule has 0 saturated carbocycles. The minimum absolute atomic E-state index is 0.542. The molecule has 0 aliphatic carbocycles. The fourth-order valence-electron chi connectivity index (χ4n) is 1.61. The highest BCUT2D eigenvalue weighted by atomic mass is 15.2. The monoisotopic (exact) mass is 216 g/mol. The van der Waals surface area contributed by atoms with Crippen LogP contribution in [0.3, 0.4) is 0 Å². The number of nitrogens with one attached hydrogen (secondary N) is 1. The maximum atomic E-state index is 5.60. The van der Waals surface area contributed by atoms with Crippen molar-refractivity contribution >= 4 is 0 Å². The van der Waals surface area contributed by atoms with Gasteiger partial charge in [-0.2, -0.15) is 5.10 Å². The zero-order chi connectivity index (χ0) is 11.4. The standard InChI is InChI=1S/C12H16N4/c1-2-4-11-14-12(16-15-11)10-6-3-5-9(7-10)8-13/h3,5-7H,2,4,8,13H2,1H3,(H,14,15,16). The summed E-state index contributed by atoms with van der Waals surface area (Å²) in [5, 5.41) is 7.15. The zero-order valence-electron chi connectivity index (χ0n) is 9.40. The first-order valence-corrected chi connectivity index (χ1v) is 5.54. The summed E-state index contributed by atoms with van der Waals surface area (Å²) in [7, 11) is 0. The Morgan fingerprint density at radius 1 is 1.38 bits per heavy atom. The van der Waals surface area contributed by atoms with Crippen molar-refractivity contribution in [1.82, 2.24) is 15.2 Å². The van der Waals surface area contributed by atoms with Gasteiger partial charge >= 0.3 is 0 Å². The highest BCUT2D eigenvalue weighted by molar-refractivity contribution is 5.55. The van der Waals surface area contributed by atoms with E-state index < -0.39 is 0 Å². The second-order valence-electron chi connectivity index (χ2n) is 3.76. The van der Waals surface area contributed by atoms with Crippen LogP contribution in [-0.4, -0.2) is 15.2 Å². The van der Waals surface area contributed by atoms with Gasteiger partial charge in [0.2, 0.25) is 0 Å². The second-order valence-corrected chi connectivity index (χ2v) is 3.76. The van der Waals surface area contributed by atoms with E-state index in [1.54, 1.807) is 0 Å². The maximum Gasteiger partial charge on any atom is 0.181 e. The van der Waals surface area contributed by atoms with E-state index in [4.69, 9.17) is 5.73 Å². The molecule has 16 heavy (non-hydrogen) atoms. The molecule has 84 valence electrons. The third-order valence-corrected chi connectivity index (χ3v) is 2.44. The van der Waals surface area contributed by atoms with E-state index in [9.17, 15) is 0 Å². The van der Waals surface area contributed by atoms with Gasteiger partial charge in [-0.3, -0.25) is 5.10 Å². The van der Waals surface area contributed by atoms with Crippen molar-refractivity contribution in [2.24, 2.45) is 5.73 Å². The zero-order valence-corrected chi connectivity index (χ0v) is 9.40. The van der Waals surface area contributed by atoms with Gasteiger partial charge in [-0.15, -0.1) is 0 Å². The number of benzene rings is 1. The number of rotatable bonds is 4. The smallest absolute Gasteiger partial charge is 0.181 e. The average Bonchev–Trinajstić information content (AvgIpc) is 2.78. The summed E-state index contributed by atoms with van der Waals surface area (Å²) in [6.07, 6.45) is 2.00. The van der Waals surface area contributed by atoms with Crippen LogP contribution in [0.15, 0.2) is 24.3 Å². The molecule has 4 nitrogen and oxygen atoms in total. The third kappa shape index (κ3) is 2.28. The Labute approximate surface area is 94.9 Å². The van der Waals surface area contributed by atoms with E-state index >= 15 is 0 Å². The van der Waals surface area contributed by atoms with Gasteiger partial charge in [-0.25, -0.2) is 4.98 Å². The van der Waals surface area contributed by atoms with E-state index in [1.807, 2.05) is 24.3 Å². The van der Waals surface area contributed by atoms with Crippen molar-refractivity contribution in [3.63, 3.8) is 0 Å². The van der Waals surface area contributed by atoms with E-state index in [1.165, 1.54) is 0 Å². The van der Waals surface area contributed by atoms with Gasteiger partial charge in [-0.05, 0) is 18.1 Å². The number of aromatic amines is 1. The first-order chi connectivity index (χ1) is 7.83. The van der Waals surface area contributed by atoms with Gasteiger partial charge in [-0.1, -0.05) is 25.1 Å². The van der Waals surface area contributed by atoms with Crippen molar-refractivity contribution in [2.75, 3.05) is 0 Å². The number of hydrogen-bond acceptors (Lipinski definition) is 3. The SMILES string of the molecule is CCCc1nc(-c2cccc(CN)c2)n[nH]1. The normalized spacial score (nSPS) is 10.6. The lowest BCUT2D eigenvalue weighted by atomic mass is 10.1. The van der Waals surface area contributed by atoms with Crippen molar-refractivity contribution in [1.29, 1.82) is 0 Å². The van der Waals surface area contributed by atoms with Crippen LogP contribution in [-0.2, 0) is 13.0 Å². The summed E-state index contributed by atoms with van der Waals surface area (Å²) in [6, 6.07) is 8.01. The minimum Gasteiger partial charge on any atom is -0.326 e. The van der Waals surface area contributed by atoms with Crippen molar-refractivity contribution < 1.29 is 0 Å². The number of aryl methyl sites for hydroxylation is 1. The van der Waals surface area contributed by atoms with Crippen LogP contribution in [0.2, 0.25) is 0 Å². The Morgan fingerprint density at radius 2 is 2.25 bits per heavy atom. The van der Waals surface area contributed by atoms with Gasteiger partial charge in [0.15, 0.2) is 5.82 Å². The van der Waals surface area contributed by atoms with Crippen molar-refractivity contribution in [3.05, 3.63) is 35.7 Å². The van der Waals surface area contributed by atoms with Crippen LogP contribution >= 0.6 is 0 Å². The molecule has 2 aromatic rings. The van der Waals surface area contributed by atoms with Gasteiger partial charge in [0.1, 0.15) is 5.82 Å². The number of aromatic nitrogens is 3. The summed E-state index contributed by atoms with van der Waals surface area (Å²) in [6.45, 7) is 2.66. The topological polar surface area (TPSA) is 67.6 Å². The molecule has 0 saturated heterocycles. The molecule has 4 heteroatoms. The molecule has 0 aliphatic rings. The van der Waals surface area contributed by atoms with E-state index in [0.29, 0.717) is 6.54 Å². The van der Waals surface area contributed by atoms with E-state index in [2.05, 4.69) is 22.1 Å². The molecule has 1 heterocycles. The van der Waals surface area contributed by atoms with E-state index in [-0.39, 0.29) is 0 Å². The van der Waals surface area contributed by atoms with Crippen LogP contribution in [0.4, 0.5) is 0 Å². The van der Waals surface area contributed by atoms with Crippen molar-refractivity contribution in [3.8, 4) is 11.4 Å². The summed E-state index contributed by atoms with van der Waals surface area (Å²) >= 11 is 0. The van der Waals surface area contributed by atoms with E-state index in [0.717, 1.165) is 35.6 Å². The lowest BCUT2D eigenvalue weighted by molar-refractivity contribution is 0.841. The van der Waals surface area contributed by atoms with Crippen LogP contribution in [0.1, 0.15) is 24.7 Å². The maximum absolute atomic E-state index is 5.60. The molecule has 1 aromatic heterocycles. The predicted molar refractivity (Wildman–Crippen MR) is 63.7 cm³/mol. The molecular weight excluding hydrogens is 200 g/mol. The predicted octanol–water partition coefficient (Wildman–Crippen LogP) is 1.88. The fourth-order valence-corrected chi connectivity index (χ4v) is 1.61. The molecule has 0 amide bonds. The summed E-state index contributed by atoms with van der Waals surface area (Å²) in [5.74, 6) is 1.69. The van der Waals surface area contributed by atoms with Gasteiger partial charge < -0.3 is 5.73 Å². The lowest BCUT2D eigenvalue weighted by Gasteiger charge is -1.98. The second kappa shape index (κ2) is 4.90. The molecular formula is C12H16N4. The van der Waals surface area contributed by atoms with Crippen LogP contribution < -0.4 is 5.73 Å². The molecule has 0 unspecified atom stereocenters. The lowest BCUT2D eigenvalue weighted by Crippen LogP contribution is -1.96. The summed E-state index contributed by atoms with van der Waals surface area (Å²) in [4.78, 5) is 4.44. The molecule has 0 aliphatic heterocycles. The molecule has 0 atom stereocenters. The quantitative estimate of drug-likeness (QED) is 0.820. The highest BCUT2D eigenvalue weighted by Crippen LogP contribution is 2.16. The van der Waals surface area contributed by atoms with Gasteiger partial charge in [0.05, 0.1) is 0 Å². The molecule has 0 spiro atoms. The number of hydrogen-bond donors (Lipinski definition) is 2. The Morgan fingerprint density at radius 3 is 3.00 bits per heavy atom. The number of nitrogens with zero attached hydrogens (tertiary/aromatic N) is 2. The Hall–Kier alpha value is -1.68.